The zero-order valence-electron chi connectivity index (χ0n) is 17.8. The molecule has 5 rings (SSSR count). The van der Waals surface area contributed by atoms with E-state index >= 15 is 0 Å². The van der Waals surface area contributed by atoms with Crippen LogP contribution in [-0.2, 0) is 14.3 Å². The summed E-state index contributed by atoms with van der Waals surface area (Å²) >= 11 is 1.80. The van der Waals surface area contributed by atoms with Crippen LogP contribution >= 0.6 is 11.8 Å². The minimum absolute atomic E-state index is 0.131. The van der Waals surface area contributed by atoms with Crippen molar-refractivity contribution in [3.63, 3.8) is 0 Å². The molecule has 5 aliphatic rings. The molecule has 0 radical (unpaired) electrons. The number of rotatable bonds is 7. The van der Waals surface area contributed by atoms with E-state index in [1.54, 1.807) is 11.8 Å². The molecule has 158 valence electrons. The summed E-state index contributed by atoms with van der Waals surface area (Å²) in [5.41, 5.74) is -0.182. The summed E-state index contributed by atoms with van der Waals surface area (Å²) in [5.74, 6) is 3.02. The second-order valence-electron chi connectivity index (χ2n) is 10.2. The molecule has 2 unspecified atom stereocenters. The average Bonchev–Trinajstić information content (AvgIpc) is 3.03. The Hall–Kier alpha value is -0.710. The van der Waals surface area contributed by atoms with Gasteiger partial charge in [-0.05, 0) is 76.5 Å². The van der Waals surface area contributed by atoms with Crippen molar-refractivity contribution in [3.8, 4) is 0 Å². The van der Waals surface area contributed by atoms with Gasteiger partial charge >= 0.3 is 5.97 Å². The summed E-state index contributed by atoms with van der Waals surface area (Å²) < 4.78 is 5.56. The maximum Gasteiger partial charge on any atom is 0.330 e. The molecule has 1 aliphatic heterocycles. The zero-order chi connectivity index (χ0) is 19.9. The fourth-order valence-electron chi connectivity index (χ4n) is 6.77. The lowest BCUT2D eigenvalue weighted by Gasteiger charge is -2.57. The van der Waals surface area contributed by atoms with Gasteiger partial charge in [0.2, 0.25) is 5.91 Å². The zero-order valence-corrected chi connectivity index (χ0v) is 18.6. The molecule has 0 aromatic carbocycles. The summed E-state index contributed by atoms with van der Waals surface area (Å²) in [6.07, 6.45) is 11.6. The Balaban J connectivity index is 1.55. The third kappa shape index (κ3) is 3.85. The van der Waals surface area contributed by atoms with E-state index in [4.69, 9.17) is 4.74 Å². The summed E-state index contributed by atoms with van der Waals surface area (Å²) in [7, 11) is 0. The summed E-state index contributed by atoms with van der Waals surface area (Å²) in [6, 6.07) is -0.389. The molecule has 5 fully saturated rings. The lowest BCUT2D eigenvalue weighted by molar-refractivity contribution is -0.168. The van der Waals surface area contributed by atoms with E-state index in [1.165, 1.54) is 32.1 Å². The fourth-order valence-corrected chi connectivity index (χ4v) is 8.20. The first-order valence-electron chi connectivity index (χ1n) is 11.6. The number of amides is 1. The van der Waals surface area contributed by atoms with Crippen molar-refractivity contribution in [3.05, 3.63) is 0 Å². The molecule has 5 heteroatoms. The Morgan fingerprint density at radius 1 is 1.07 bits per heavy atom. The van der Waals surface area contributed by atoms with Gasteiger partial charge < -0.3 is 9.64 Å². The van der Waals surface area contributed by atoms with Gasteiger partial charge in [-0.3, -0.25) is 4.79 Å². The quantitative estimate of drug-likeness (QED) is 0.440. The topological polar surface area (TPSA) is 46.6 Å². The SMILES string of the molecule is CCCCCC1SCC(C(=O)OC(C)C)N1C(=O)C12CC3CC(CC(C3)C1)C2. The molecule has 4 bridgehead atoms. The number of carbonyl (C=O) groups is 2. The Bertz CT molecular complexity index is 569. The molecule has 0 N–H and O–H groups in total. The van der Waals surface area contributed by atoms with Crippen LogP contribution in [-0.4, -0.2) is 40.0 Å². The smallest absolute Gasteiger partial charge is 0.330 e. The van der Waals surface area contributed by atoms with Crippen LogP contribution in [0.1, 0.15) is 85.0 Å². The van der Waals surface area contributed by atoms with Gasteiger partial charge in [0.25, 0.3) is 0 Å². The largest absolute Gasteiger partial charge is 0.461 e. The summed E-state index contributed by atoms with van der Waals surface area (Å²) in [4.78, 5) is 28.9. The third-order valence-electron chi connectivity index (χ3n) is 7.50. The van der Waals surface area contributed by atoms with E-state index in [0.717, 1.165) is 49.9 Å². The van der Waals surface area contributed by atoms with Crippen LogP contribution in [0.15, 0.2) is 0 Å². The highest BCUT2D eigenvalue weighted by atomic mass is 32.2. The second-order valence-corrected chi connectivity index (χ2v) is 11.4. The standard InChI is InChI=1S/C23H37NO3S/c1-4-5-6-7-20-24(19(14-28-20)21(25)27-15(2)3)22(26)23-11-16-8-17(12-23)10-18(9-16)13-23/h15-20H,4-14H2,1-3H3. The maximum absolute atomic E-state index is 14.0. The van der Waals surface area contributed by atoms with Gasteiger partial charge in [-0.25, -0.2) is 4.79 Å². The molecule has 1 amide bonds. The van der Waals surface area contributed by atoms with Gasteiger partial charge in [-0.15, -0.1) is 11.8 Å². The first-order chi connectivity index (χ1) is 13.4. The highest BCUT2D eigenvalue weighted by Gasteiger charge is 2.58. The number of thioether (sulfide) groups is 1. The number of hydrogen-bond acceptors (Lipinski definition) is 4. The first-order valence-corrected chi connectivity index (χ1v) is 12.6. The molecule has 0 aromatic rings. The number of ether oxygens (including phenoxy) is 1. The van der Waals surface area contributed by atoms with E-state index < -0.39 is 0 Å². The van der Waals surface area contributed by atoms with Crippen molar-refractivity contribution in [2.24, 2.45) is 23.2 Å². The van der Waals surface area contributed by atoms with Crippen molar-refractivity contribution in [1.29, 1.82) is 0 Å². The molecule has 4 saturated carbocycles. The van der Waals surface area contributed by atoms with Gasteiger partial charge in [0.1, 0.15) is 6.04 Å². The highest BCUT2D eigenvalue weighted by Crippen LogP contribution is 2.61. The predicted molar refractivity (Wildman–Crippen MR) is 113 cm³/mol. The average molecular weight is 408 g/mol. The van der Waals surface area contributed by atoms with Crippen molar-refractivity contribution in [2.75, 3.05) is 5.75 Å². The molecule has 1 heterocycles. The van der Waals surface area contributed by atoms with Crippen LogP contribution in [0.25, 0.3) is 0 Å². The highest BCUT2D eigenvalue weighted by molar-refractivity contribution is 8.00. The second kappa shape index (κ2) is 8.20. The molecular weight excluding hydrogens is 370 g/mol. The number of unbranched alkanes of at least 4 members (excludes halogenated alkanes) is 2. The van der Waals surface area contributed by atoms with Crippen molar-refractivity contribution >= 4 is 23.6 Å². The van der Waals surface area contributed by atoms with Gasteiger partial charge in [0.05, 0.1) is 16.9 Å². The summed E-state index contributed by atoms with van der Waals surface area (Å²) in [6.45, 7) is 6.00. The van der Waals surface area contributed by atoms with Crippen LogP contribution in [0.5, 0.6) is 0 Å². The maximum atomic E-state index is 14.0. The molecule has 1 saturated heterocycles. The van der Waals surface area contributed by atoms with Crippen LogP contribution in [0.2, 0.25) is 0 Å². The number of nitrogens with zero attached hydrogens (tertiary/aromatic N) is 1. The van der Waals surface area contributed by atoms with Gasteiger partial charge in [0.15, 0.2) is 0 Å². The van der Waals surface area contributed by atoms with Crippen LogP contribution < -0.4 is 0 Å². The molecule has 28 heavy (non-hydrogen) atoms. The van der Waals surface area contributed by atoms with Crippen LogP contribution in [0.3, 0.4) is 0 Å². The van der Waals surface area contributed by atoms with Gasteiger partial charge in [-0.1, -0.05) is 26.2 Å². The molecule has 4 aliphatic carbocycles. The molecule has 0 spiro atoms. The third-order valence-corrected chi connectivity index (χ3v) is 8.85. The van der Waals surface area contributed by atoms with Gasteiger partial charge in [-0.2, -0.15) is 0 Å². The monoisotopic (exact) mass is 407 g/mol. The van der Waals surface area contributed by atoms with E-state index in [2.05, 4.69) is 6.92 Å². The first kappa shape index (κ1) is 20.6. The number of esters is 1. The van der Waals surface area contributed by atoms with Crippen LogP contribution in [0, 0.1) is 23.2 Å². The predicted octanol–water partition coefficient (Wildman–Crippen LogP) is 5.00. The Morgan fingerprint density at radius 2 is 1.68 bits per heavy atom. The van der Waals surface area contributed by atoms with E-state index in [-0.39, 0.29) is 28.9 Å². The molecule has 2 atom stereocenters. The number of carbonyl (C=O) groups excluding carboxylic acids is 2. The van der Waals surface area contributed by atoms with Crippen molar-refractivity contribution in [1.82, 2.24) is 4.90 Å². The lowest BCUT2D eigenvalue weighted by atomic mass is 9.49. The minimum atomic E-state index is -0.389. The Labute approximate surface area is 174 Å². The van der Waals surface area contributed by atoms with Gasteiger partial charge in [0, 0.05) is 5.75 Å². The molecular formula is C23H37NO3S. The molecule has 0 aromatic heterocycles. The normalized spacial score (nSPS) is 39.0. The van der Waals surface area contributed by atoms with E-state index in [1.807, 2.05) is 18.7 Å². The minimum Gasteiger partial charge on any atom is -0.461 e. The summed E-state index contributed by atoms with van der Waals surface area (Å²) in [5, 5.41) is 0.150. The molecule has 4 nitrogen and oxygen atoms in total. The fraction of sp³-hybridized carbons (Fsp3) is 0.913. The van der Waals surface area contributed by atoms with Crippen LogP contribution in [0.4, 0.5) is 0 Å². The van der Waals surface area contributed by atoms with Crippen molar-refractivity contribution < 1.29 is 14.3 Å². The Kier molecular flexibility index (Phi) is 6.02. The van der Waals surface area contributed by atoms with Crippen molar-refractivity contribution in [2.45, 2.75) is 102 Å². The van der Waals surface area contributed by atoms with E-state index in [9.17, 15) is 9.59 Å². The lowest BCUT2D eigenvalue weighted by Crippen LogP contribution is -2.58. The van der Waals surface area contributed by atoms with E-state index in [0.29, 0.717) is 11.7 Å². The number of hydrogen-bond donors (Lipinski definition) is 0. The Morgan fingerprint density at radius 3 is 2.21 bits per heavy atom.